The number of carbonyl (C=O) groups is 2. The van der Waals surface area contributed by atoms with Crippen molar-refractivity contribution in [2.75, 3.05) is 5.32 Å². The molecule has 0 saturated heterocycles. The first-order chi connectivity index (χ1) is 9.51. The van der Waals surface area contributed by atoms with E-state index < -0.39 is 5.97 Å². The van der Waals surface area contributed by atoms with Gasteiger partial charge in [0.15, 0.2) is 0 Å². The molecule has 0 aliphatic carbocycles. The Bertz CT molecular complexity index is 644. The second kappa shape index (κ2) is 5.88. The maximum absolute atomic E-state index is 11.2. The molecular weight excluding hydrogens is 274 g/mol. The normalized spacial score (nSPS) is 10.3. The number of aryl methyl sites for hydroxylation is 1. The highest BCUT2D eigenvalue weighted by Crippen LogP contribution is 2.35. The summed E-state index contributed by atoms with van der Waals surface area (Å²) < 4.78 is 0. The Labute approximate surface area is 121 Å². The van der Waals surface area contributed by atoms with Gasteiger partial charge in [-0.15, -0.1) is 11.3 Å². The molecule has 0 atom stereocenters. The van der Waals surface area contributed by atoms with Crippen LogP contribution in [0.4, 0.5) is 5.69 Å². The third-order valence-electron chi connectivity index (χ3n) is 2.88. The van der Waals surface area contributed by atoms with Crippen molar-refractivity contribution in [3.05, 3.63) is 40.8 Å². The van der Waals surface area contributed by atoms with Crippen LogP contribution >= 0.6 is 11.3 Å². The lowest BCUT2D eigenvalue weighted by molar-refractivity contribution is -0.114. The molecule has 2 aromatic rings. The van der Waals surface area contributed by atoms with Crippen LogP contribution in [0.15, 0.2) is 30.3 Å². The molecule has 0 saturated carbocycles. The van der Waals surface area contributed by atoms with Gasteiger partial charge < -0.3 is 10.4 Å². The molecule has 0 aliphatic rings. The number of aromatic carboxylic acids is 1. The summed E-state index contributed by atoms with van der Waals surface area (Å²) in [5.74, 6) is -1.31. The van der Waals surface area contributed by atoms with Crippen LogP contribution in [0.1, 0.15) is 29.1 Å². The number of carboxylic acid groups (broad SMARTS) is 1. The molecular formula is C15H15NO3S. The number of hydrogen-bond donors (Lipinski definition) is 2. The number of rotatable bonds is 4. The Morgan fingerprint density at radius 1 is 1.25 bits per heavy atom. The molecule has 0 radical (unpaired) electrons. The molecule has 4 nitrogen and oxygen atoms in total. The molecule has 0 fully saturated rings. The fourth-order valence-electron chi connectivity index (χ4n) is 1.88. The van der Waals surface area contributed by atoms with Crippen LogP contribution < -0.4 is 5.32 Å². The average molecular weight is 289 g/mol. The van der Waals surface area contributed by atoms with Gasteiger partial charge in [0.25, 0.3) is 0 Å². The van der Waals surface area contributed by atoms with Crippen molar-refractivity contribution < 1.29 is 14.7 Å². The highest BCUT2D eigenvalue weighted by atomic mass is 32.1. The zero-order valence-electron chi connectivity index (χ0n) is 11.3. The van der Waals surface area contributed by atoms with E-state index in [2.05, 4.69) is 12.2 Å². The third-order valence-corrected chi connectivity index (χ3v) is 4.06. The number of amides is 1. The summed E-state index contributed by atoms with van der Waals surface area (Å²) in [6.07, 6.45) is 0.961. The van der Waals surface area contributed by atoms with Crippen LogP contribution in [-0.4, -0.2) is 17.0 Å². The Hall–Kier alpha value is -2.14. The zero-order chi connectivity index (χ0) is 14.7. The molecule has 1 aromatic carbocycles. The topological polar surface area (TPSA) is 66.4 Å². The van der Waals surface area contributed by atoms with Crippen molar-refractivity contribution in [2.24, 2.45) is 0 Å². The van der Waals surface area contributed by atoms with Gasteiger partial charge in [-0.1, -0.05) is 31.2 Å². The standard InChI is InChI=1S/C15H15NO3S/c1-3-10-4-6-11(7-5-10)13-8-12(16-9(2)17)14(20-13)15(18)19/h4-8H,3H2,1-2H3,(H,16,17)(H,18,19). The SMILES string of the molecule is CCc1ccc(-c2cc(NC(C)=O)c(C(=O)O)s2)cc1. The lowest BCUT2D eigenvalue weighted by Gasteiger charge is -1.99. The highest BCUT2D eigenvalue weighted by Gasteiger charge is 2.17. The zero-order valence-corrected chi connectivity index (χ0v) is 12.1. The average Bonchev–Trinajstić information content (AvgIpc) is 2.82. The molecule has 5 heteroatoms. The van der Waals surface area contributed by atoms with Crippen LogP contribution in [0.2, 0.25) is 0 Å². The quantitative estimate of drug-likeness (QED) is 0.903. The summed E-state index contributed by atoms with van der Waals surface area (Å²) in [5, 5.41) is 11.7. The van der Waals surface area contributed by atoms with Crippen molar-refractivity contribution in [1.29, 1.82) is 0 Å². The van der Waals surface area contributed by atoms with Crippen LogP contribution in [0, 0.1) is 0 Å². The molecule has 1 amide bonds. The van der Waals surface area contributed by atoms with Crippen LogP contribution in [0.3, 0.4) is 0 Å². The maximum atomic E-state index is 11.2. The van der Waals surface area contributed by atoms with E-state index in [0.29, 0.717) is 5.69 Å². The second-order valence-corrected chi connectivity index (χ2v) is 5.44. The van der Waals surface area contributed by atoms with Crippen molar-refractivity contribution in [3.8, 4) is 10.4 Å². The molecule has 1 heterocycles. The summed E-state index contributed by atoms with van der Waals surface area (Å²) in [5.41, 5.74) is 2.53. The Balaban J connectivity index is 2.41. The van der Waals surface area contributed by atoms with Gasteiger partial charge in [-0.05, 0) is 23.6 Å². The van der Waals surface area contributed by atoms with Crippen molar-refractivity contribution in [1.82, 2.24) is 0 Å². The number of benzene rings is 1. The van der Waals surface area contributed by atoms with Gasteiger partial charge >= 0.3 is 5.97 Å². The minimum absolute atomic E-state index is 0.148. The number of anilines is 1. The summed E-state index contributed by atoms with van der Waals surface area (Å²) in [6.45, 7) is 3.44. The summed E-state index contributed by atoms with van der Waals surface area (Å²) >= 11 is 1.16. The van der Waals surface area contributed by atoms with Gasteiger partial charge in [-0.3, -0.25) is 4.79 Å². The monoisotopic (exact) mass is 289 g/mol. The van der Waals surface area contributed by atoms with Gasteiger partial charge in [0.2, 0.25) is 5.91 Å². The molecule has 0 bridgehead atoms. The van der Waals surface area contributed by atoms with Crippen LogP contribution in [0.5, 0.6) is 0 Å². The van der Waals surface area contributed by atoms with E-state index in [-0.39, 0.29) is 10.8 Å². The third kappa shape index (κ3) is 3.05. The van der Waals surface area contributed by atoms with E-state index in [1.165, 1.54) is 12.5 Å². The smallest absolute Gasteiger partial charge is 0.348 e. The predicted octanol–water partition coefficient (Wildman–Crippen LogP) is 3.63. The lowest BCUT2D eigenvalue weighted by atomic mass is 10.1. The Morgan fingerprint density at radius 2 is 1.90 bits per heavy atom. The molecule has 2 N–H and O–H groups in total. The lowest BCUT2D eigenvalue weighted by Crippen LogP contribution is -2.08. The van der Waals surface area contributed by atoms with E-state index in [1.807, 2.05) is 24.3 Å². The summed E-state index contributed by atoms with van der Waals surface area (Å²) in [4.78, 5) is 23.3. The fourth-order valence-corrected chi connectivity index (χ4v) is 2.84. The molecule has 20 heavy (non-hydrogen) atoms. The Kier molecular flexibility index (Phi) is 4.20. The van der Waals surface area contributed by atoms with Gasteiger partial charge in [0, 0.05) is 11.8 Å². The van der Waals surface area contributed by atoms with Gasteiger partial charge in [-0.2, -0.15) is 0 Å². The molecule has 0 spiro atoms. The summed E-state index contributed by atoms with van der Waals surface area (Å²) in [6, 6.07) is 9.68. The minimum Gasteiger partial charge on any atom is -0.477 e. The van der Waals surface area contributed by atoms with Gasteiger partial charge in [0.1, 0.15) is 4.88 Å². The van der Waals surface area contributed by atoms with Crippen LogP contribution in [0.25, 0.3) is 10.4 Å². The highest BCUT2D eigenvalue weighted by molar-refractivity contribution is 7.18. The molecule has 104 valence electrons. The predicted molar refractivity (Wildman–Crippen MR) is 80.4 cm³/mol. The molecule has 1 aromatic heterocycles. The van der Waals surface area contributed by atoms with E-state index in [4.69, 9.17) is 0 Å². The number of carbonyl (C=O) groups excluding carboxylic acids is 1. The van der Waals surface area contributed by atoms with E-state index in [1.54, 1.807) is 6.07 Å². The minimum atomic E-state index is -1.03. The first kappa shape index (κ1) is 14.3. The van der Waals surface area contributed by atoms with Crippen LogP contribution in [-0.2, 0) is 11.2 Å². The largest absolute Gasteiger partial charge is 0.477 e. The first-order valence-corrected chi connectivity index (χ1v) is 7.07. The van der Waals surface area contributed by atoms with Gasteiger partial charge in [-0.25, -0.2) is 4.79 Å². The van der Waals surface area contributed by atoms with Crippen molar-refractivity contribution in [3.63, 3.8) is 0 Å². The van der Waals surface area contributed by atoms with Crippen molar-refractivity contribution in [2.45, 2.75) is 20.3 Å². The number of nitrogens with one attached hydrogen (secondary N) is 1. The number of carboxylic acids is 1. The molecule has 0 aliphatic heterocycles. The maximum Gasteiger partial charge on any atom is 0.348 e. The van der Waals surface area contributed by atoms with E-state index in [9.17, 15) is 14.7 Å². The van der Waals surface area contributed by atoms with Gasteiger partial charge in [0.05, 0.1) is 5.69 Å². The Morgan fingerprint density at radius 3 is 2.40 bits per heavy atom. The van der Waals surface area contributed by atoms with E-state index in [0.717, 1.165) is 28.2 Å². The van der Waals surface area contributed by atoms with E-state index >= 15 is 0 Å². The molecule has 0 unspecified atom stereocenters. The second-order valence-electron chi connectivity index (χ2n) is 4.39. The fraction of sp³-hybridized carbons (Fsp3) is 0.200. The molecule has 2 rings (SSSR count). The summed E-state index contributed by atoms with van der Waals surface area (Å²) in [7, 11) is 0. The number of hydrogen-bond acceptors (Lipinski definition) is 3. The number of thiophene rings is 1. The first-order valence-electron chi connectivity index (χ1n) is 6.25. The van der Waals surface area contributed by atoms with Crippen molar-refractivity contribution >= 4 is 28.9 Å².